The van der Waals surface area contributed by atoms with Gasteiger partial charge in [-0.1, -0.05) is 37.4 Å². The minimum atomic E-state index is -0.0676. The standard InChI is InChI=1S/C25H25ClN2O3S/c1-5-13-31-21-12-7-18(14-22(21)30-6-2)15-23-24(29)28(16-17(3)4)25(32-23)27-20-10-8-19(26)9-11-20/h1,7-12,14-15,17H,6,13,16H2,2-4H3/b23-15-,27-25?. The van der Waals surface area contributed by atoms with Gasteiger partial charge in [0.1, 0.15) is 6.61 Å². The number of halogens is 1. The van der Waals surface area contributed by atoms with Crippen LogP contribution in [0.2, 0.25) is 5.02 Å². The Kier molecular flexibility index (Phi) is 8.26. The summed E-state index contributed by atoms with van der Waals surface area (Å²) in [6.07, 6.45) is 7.13. The highest BCUT2D eigenvalue weighted by atomic mass is 35.5. The molecule has 7 heteroatoms. The highest BCUT2D eigenvalue weighted by molar-refractivity contribution is 8.18. The Bertz CT molecular complexity index is 1070. The SMILES string of the molecule is C#CCOc1ccc(/C=C2\SC(=Nc3ccc(Cl)cc3)N(CC(C)C)C2=O)cc1OCC. The van der Waals surface area contributed by atoms with E-state index in [4.69, 9.17) is 32.5 Å². The Morgan fingerprint density at radius 1 is 1.19 bits per heavy atom. The summed E-state index contributed by atoms with van der Waals surface area (Å²) in [5.41, 5.74) is 1.57. The molecule has 0 spiro atoms. The molecule has 1 aliphatic rings. The topological polar surface area (TPSA) is 51.1 Å². The van der Waals surface area contributed by atoms with E-state index in [1.54, 1.807) is 23.1 Å². The molecule has 166 valence electrons. The molecule has 1 amide bonds. The molecule has 0 unspecified atom stereocenters. The maximum Gasteiger partial charge on any atom is 0.266 e. The highest BCUT2D eigenvalue weighted by Gasteiger charge is 2.33. The van der Waals surface area contributed by atoms with Crippen LogP contribution in [-0.2, 0) is 4.79 Å². The van der Waals surface area contributed by atoms with E-state index in [1.807, 2.05) is 37.3 Å². The van der Waals surface area contributed by atoms with Gasteiger partial charge in [-0.3, -0.25) is 9.69 Å². The molecule has 0 radical (unpaired) electrons. The summed E-state index contributed by atoms with van der Waals surface area (Å²) in [5, 5.41) is 1.29. The second-order valence-electron chi connectivity index (χ2n) is 7.42. The number of hydrogen-bond donors (Lipinski definition) is 0. The number of amides is 1. The molecule has 1 saturated heterocycles. The van der Waals surface area contributed by atoms with Crippen molar-refractivity contribution in [1.29, 1.82) is 0 Å². The lowest BCUT2D eigenvalue weighted by molar-refractivity contribution is -0.122. The van der Waals surface area contributed by atoms with E-state index in [1.165, 1.54) is 11.8 Å². The number of hydrogen-bond acceptors (Lipinski definition) is 5. The Balaban J connectivity index is 1.93. The lowest BCUT2D eigenvalue weighted by Crippen LogP contribution is -2.32. The van der Waals surface area contributed by atoms with Gasteiger partial charge in [0.15, 0.2) is 16.7 Å². The third-order valence-corrected chi connectivity index (χ3v) is 5.62. The van der Waals surface area contributed by atoms with E-state index in [9.17, 15) is 4.79 Å². The van der Waals surface area contributed by atoms with E-state index < -0.39 is 0 Å². The Hall–Kier alpha value is -2.88. The third kappa shape index (κ3) is 6.09. The van der Waals surface area contributed by atoms with Gasteiger partial charge in [-0.15, -0.1) is 6.42 Å². The summed E-state index contributed by atoms with van der Waals surface area (Å²) >= 11 is 7.34. The first-order valence-electron chi connectivity index (χ1n) is 10.3. The number of carbonyl (C=O) groups excluding carboxylic acids is 1. The summed E-state index contributed by atoms with van der Waals surface area (Å²) in [5.74, 6) is 3.84. The molecule has 0 aliphatic carbocycles. The number of terminal acetylenes is 1. The van der Waals surface area contributed by atoms with E-state index in [-0.39, 0.29) is 12.5 Å². The van der Waals surface area contributed by atoms with Gasteiger partial charge < -0.3 is 9.47 Å². The van der Waals surface area contributed by atoms with Crippen LogP contribution in [0.1, 0.15) is 26.3 Å². The summed E-state index contributed by atoms with van der Waals surface area (Å²) in [7, 11) is 0. The van der Waals surface area contributed by atoms with Gasteiger partial charge in [0.05, 0.1) is 17.2 Å². The predicted molar refractivity (Wildman–Crippen MR) is 133 cm³/mol. The summed E-state index contributed by atoms with van der Waals surface area (Å²) in [4.78, 5) is 20.2. The predicted octanol–water partition coefficient (Wildman–Crippen LogP) is 6.01. The molecule has 1 aliphatic heterocycles. The zero-order valence-electron chi connectivity index (χ0n) is 18.3. The van der Waals surface area contributed by atoms with Crippen molar-refractivity contribution in [3.05, 3.63) is 58.0 Å². The van der Waals surface area contributed by atoms with Gasteiger partial charge in [-0.2, -0.15) is 0 Å². The zero-order chi connectivity index (χ0) is 23.1. The molecule has 1 heterocycles. The van der Waals surface area contributed by atoms with Crippen molar-refractivity contribution >= 4 is 46.2 Å². The lowest BCUT2D eigenvalue weighted by atomic mass is 10.1. The molecule has 1 fully saturated rings. The van der Waals surface area contributed by atoms with Crippen LogP contribution in [0.4, 0.5) is 5.69 Å². The molecule has 3 rings (SSSR count). The molecule has 0 saturated carbocycles. The van der Waals surface area contributed by atoms with E-state index in [2.05, 4.69) is 19.8 Å². The normalized spacial score (nSPS) is 16.1. The average molecular weight is 469 g/mol. The van der Waals surface area contributed by atoms with Gasteiger partial charge in [0.2, 0.25) is 0 Å². The first kappa shape index (κ1) is 23.8. The number of amidine groups is 1. The molecule has 0 N–H and O–H groups in total. The van der Waals surface area contributed by atoms with Crippen LogP contribution in [0.3, 0.4) is 0 Å². The Labute approximate surface area is 198 Å². The molecular formula is C25H25ClN2O3S. The van der Waals surface area contributed by atoms with Crippen molar-refractivity contribution in [2.75, 3.05) is 19.8 Å². The van der Waals surface area contributed by atoms with Crippen LogP contribution >= 0.6 is 23.4 Å². The maximum absolute atomic E-state index is 13.2. The van der Waals surface area contributed by atoms with E-state index in [0.29, 0.717) is 45.7 Å². The van der Waals surface area contributed by atoms with Crippen LogP contribution in [-0.4, -0.2) is 35.7 Å². The number of nitrogens with zero attached hydrogens (tertiary/aromatic N) is 2. The van der Waals surface area contributed by atoms with Crippen molar-refractivity contribution in [3.63, 3.8) is 0 Å². The van der Waals surface area contributed by atoms with Crippen LogP contribution in [0, 0.1) is 18.3 Å². The molecule has 0 aromatic heterocycles. The highest BCUT2D eigenvalue weighted by Crippen LogP contribution is 2.36. The number of rotatable bonds is 8. The lowest BCUT2D eigenvalue weighted by Gasteiger charge is -2.17. The third-order valence-electron chi connectivity index (χ3n) is 4.36. The van der Waals surface area contributed by atoms with Gasteiger partial charge in [0.25, 0.3) is 5.91 Å². The van der Waals surface area contributed by atoms with Crippen LogP contribution in [0.5, 0.6) is 11.5 Å². The number of carbonyl (C=O) groups is 1. The van der Waals surface area contributed by atoms with Crippen LogP contribution in [0.15, 0.2) is 52.4 Å². The fourth-order valence-corrected chi connectivity index (χ4v) is 4.15. The first-order chi connectivity index (χ1) is 15.4. The monoisotopic (exact) mass is 468 g/mol. The number of aliphatic imine (C=N–C) groups is 1. The quantitative estimate of drug-likeness (QED) is 0.351. The second-order valence-corrected chi connectivity index (χ2v) is 8.87. The zero-order valence-corrected chi connectivity index (χ0v) is 19.9. The summed E-state index contributed by atoms with van der Waals surface area (Å²) in [6, 6.07) is 12.7. The molecule has 32 heavy (non-hydrogen) atoms. The molecular weight excluding hydrogens is 444 g/mol. The van der Waals surface area contributed by atoms with Gasteiger partial charge >= 0.3 is 0 Å². The second kappa shape index (κ2) is 11.1. The molecule has 5 nitrogen and oxygen atoms in total. The van der Waals surface area contributed by atoms with Crippen molar-refractivity contribution in [2.24, 2.45) is 10.9 Å². The summed E-state index contributed by atoms with van der Waals surface area (Å²) < 4.78 is 11.2. The Morgan fingerprint density at radius 3 is 2.59 bits per heavy atom. The first-order valence-corrected chi connectivity index (χ1v) is 11.5. The van der Waals surface area contributed by atoms with Crippen LogP contribution in [0.25, 0.3) is 6.08 Å². The maximum atomic E-state index is 13.2. The molecule has 2 aromatic carbocycles. The smallest absolute Gasteiger partial charge is 0.266 e. The van der Waals surface area contributed by atoms with Gasteiger partial charge in [-0.25, -0.2) is 4.99 Å². The minimum Gasteiger partial charge on any atom is -0.490 e. The van der Waals surface area contributed by atoms with Gasteiger partial charge in [-0.05, 0) is 72.6 Å². The molecule has 0 bridgehead atoms. The molecule has 0 atom stereocenters. The van der Waals surface area contributed by atoms with Crippen molar-refractivity contribution in [1.82, 2.24) is 4.90 Å². The number of benzene rings is 2. The average Bonchev–Trinajstić information content (AvgIpc) is 3.03. The number of thioether (sulfide) groups is 1. The van der Waals surface area contributed by atoms with Gasteiger partial charge in [0, 0.05) is 11.6 Å². The summed E-state index contributed by atoms with van der Waals surface area (Å²) in [6.45, 7) is 7.27. The van der Waals surface area contributed by atoms with E-state index in [0.717, 1.165) is 11.3 Å². The van der Waals surface area contributed by atoms with E-state index >= 15 is 0 Å². The van der Waals surface area contributed by atoms with Crippen LogP contribution < -0.4 is 9.47 Å². The van der Waals surface area contributed by atoms with Crippen molar-refractivity contribution in [3.8, 4) is 23.8 Å². The van der Waals surface area contributed by atoms with Crippen molar-refractivity contribution < 1.29 is 14.3 Å². The fourth-order valence-electron chi connectivity index (χ4n) is 3.02. The van der Waals surface area contributed by atoms with Crippen molar-refractivity contribution in [2.45, 2.75) is 20.8 Å². The molecule has 2 aromatic rings. The largest absolute Gasteiger partial charge is 0.490 e. The number of ether oxygens (including phenoxy) is 2. The Morgan fingerprint density at radius 2 is 1.94 bits per heavy atom. The fraction of sp³-hybridized carbons (Fsp3) is 0.280. The minimum absolute atomic E-state index is 0.0676.